The molecule has 158 valence electrons. The van der Waals surface area contributed by atoms with E-state index >= 15 is 0 Å². The van der Waals surface area contributed by atoms with E-state index in [9.17, 15) is 13.2 Å². The second kappa shape index (κ2) is 8.53. The summed E-state index contributed by atoms with van der Waals surface area (Å²) in [4.78, 5) is 17.8. The van der Waals surface area contributed by atoms with E-state index in [4.69, 9.17) is 0 Å². The average Bonchev–Trinajstić information content (AvgIpc) is 2.70. The molecule has 3 rings (SSSR count). The van der Waals surface area contributed by atoms with Gasteiger partial charge in [0.2, 0.25) is 10.0 Å². The zero-order valence-electron chi connectivity index (χ0n) is 18.0. The van der Waals surface area contributed by atoms with Crippen LogP contribution in [-0.2, 0) is 10.0 Å². The molecular weight excluding hydrogens is 398 g/mol. The summed E-state index contributed by atoms with van der Waals surface area (Å²) in [5.41, 5.74) is 3.89. The number of hydrogen-bond donors (Lipinski definition) is 1. The summed E-state index contributed by atoms with van der Waals surface area (Å²) in [6.45, 7) is 9.84. The summed E-state index contributed by atoms with van der Waals surface area (Å²) in [7, 11) is -3.63. The van der Waals surface area contributed by atoms with Crippen LogP contribution >= 0.6 is 0 Å². The summed E-state index contributed by atoms with van der Waals surface area (Å²) >= 11 is 0. The third-order valence-electron chi connectivity index (χ3n) is 5.33. The number of nitrogens with zero attached hydrogens (tertiary/aromatic N) is 2. The molecule has 3 aromatic rings. The van der Waals surface area contributed by atoms with Crippen molar-refractivity contribution in [2.24, 2.45) is 0 Å². The van der Waals surface area contributed by atoms with E-state index < -0.39 is 10.0 Å². The monoisotopic (exact) mass is 425 g/mol. The molecule has 0 unspecified atom stereocenters. The zero-order valence-corrected chi connectivity index (χ0v) is 18.8. The topological polar surface area (TPSA) is 79.4 Å². The van der Waals surface area contributed by atoms with Gasteiger partial charge in [-0.25, -0.2) is 8.42 Å². The number of amides is 1. The van der Waals surface area contributed by atoms with E-state index in [2.05, 4.69) is 10.3 Å². The molecule has 0 saturated carbocycles. The van der Waals surface area contributed by atoms with Gasteiger partial charge < -0.3 is 5.32 Å². The van der Waals surface area contributed by atoms with Gasteiger partial charge in [0.15, 0.2) is 0 Å². The maximum Gasteiger partial charge on any atom is 0.257 e. The molecule has 0 fully saturated rings. The minimum absolute atomic E-state index is 0.203. The van der Waals surface area contributed by atoms with Gasteiger partial charge in [-0.3, -0.25) is 9.78 Å². The fourth-order valence-electron chi connectivity index (χ4n) is 3.72. The summed E-state index contributed by atoms with van der Waals surface area (Å²) < 4.78 is 27.4. The van der Waals surface area contributed by atoms with E-state index in [-0.39, 0.29) is 10.8 Å². The predicted molar refractivity (Wildman–Crippen MR) is 120 cm³/mol. The Morgan fingerprint density at radius 1 is 1.03 bits per heavy atom. The molecule has 1 aromatic heterocycles. The standard InChI is InChI=1S/C23H27N3O3S/c1-6-26(7-2)30(28,29)21-14-18(13-12-15(21)3)25-23(27)22-16(4)19-10-8-9-11-20(19)24-17(22)5/h8-14H,6-7H2,1-5H3,(H,25,27). The number of aromatic nitrogens is 1. The number of carbonyl (C=O) groups is 1. The molecule has 0 saturated heterocycles. The number of pyridine rings is 1. The van der Waals surface area contributed by atoms with Crippen LogP contribution < -0.4 is 5.32 Å². The molecule has 0 aliphatic carbocycles. The Balaban J connectivity index is 2.00. The molecule has 1 N–H and O–H groups in total. The lowest BCUT2D eigenvalue weighted by molar-refractivity contribution is 0.102. The van der Waals surface area contributed by atoms with E-state index in [0.717, 1.165) is 16.5 Å². The highest BCUT2D eigenvalue weighted by molar-refractivity contribution is 7.89. The molecule has 30 heavy (non-hydrogen) atoms. The van der Waals surface area contributed by atoms with Crippen LogP contribution in [0.4, 0.5) is 5.69 Å². The summed E-state index contributed by atoms with van der Waals surface area (Å²) in [5, 5.41) is 3.78. The van der Waals surface area contributed by atoms with Gasteiger partial charge >= 0.3 is 0 Å². The van der Waals surface area contributed by atoms with E-state index in [0.29, 0.717) is 35.6 Å². The molecule has 0 bridgehead atoms. The summed E-state index contributed by atoms with van der Waals surface area (Å²) in [6.07, 6.45) is 0. The van der Waals surface area contributed by atoms with Crippen LogP contribution in [0.5, 0.6) is 0 Å². The van der Waals surface area contributed by atoms with Crippen LogP contribution in [0.3, 0.4) is 0 Å². The van der Waals surface area contributed by atoms with Crippen molar-refractivity contribution in [3.05, 3.63) is 64.8 Å². The first-order valence-corrected chi connectivity index (χ1v) is 11.4. The second-order valence-corrected chi connectivity index (χ2v) is 9.14. The van der Waals surface area contributed by atoms with E-state index in [1.807, 2.05) is 31.2 Å². The fraction of sp³-hybridized carbons (Fsp3) is 0.304. The van der Waals surface area contributed by atoms with Crippen molar-refractivity contribution in [2.75, 3.05) is 18.4 Å². The first-order chi connectivity index (χ1) is 14.2. The third kappa shape index (κ3) is 3.95. The van der Waals surface area contributed by atoms with Gasteiger partial charge in [0.05, 0.1) is 21.7 Å². The molecule has 1 amide bonds. The zero-order chi connectivity index (χ0) is 22.1. The normalized spacial score (nSPS) is 11.8. The Kier molecular flexibility index (Phi) is 6.24. The number of fused-ring (bicyclic) bond motifs is 1. The second-order valence-electron chi connectivity index (χ2n) is 7.24. The first kappa shape index (κ1) is 21.9. The number of anilines is 1. The van der Waals surface area contributed by atoms with Crippen LogP contribution in [-0.4, -0.2) is 36.7 Å². The predicted octanol–water partition coefficient (Wildman–Crippen LogP) is 4.44. The Hall–Kier alpha value is -2.77. The SMILES string of the molecule is CCN(CC)S(=O)(=O)c1cc(NC(=O)c2c(C)nc3ccccc3c2C)ccc1C. The van der Waals surface area contributed by atoms with Crippen LogP contribution in [0.2, 0.25) is 0 Å². The van der Waals surface area contributed by atoms with Crippen LogP contribution in [0.25, 0.3) is 10.9 Å². The summed E-state index contributed by atoms with van der Waals surface area (Å²) in [5.74, 6) is -0.307. The van der Waals surface area contributed by atoms with Crippen molar-refractivity contribution in [1.82, 2.24) is 9.29 Å². The Morgan fingerprint density at radius 3 is 2.37 bits per heavy atom. The number of rotatable bonds is 6. The number of carbonyl (C=O) groups excluding carboxylic acids is 1. The van der Waals surface area contributed by atoms with Crippen molar-refractivity contribution in [3.63, 3.8) is 0 Å². The van der Waals surface area contributed by atoms with E-state index in [1.54, 1.807) is 39.8 Å². The van der Waals surface area contributed by atoms with Crippen molar-refractivity contribution in [2.45, 2.75) is 39.5 Å². The lowest BCUT2D eigenvalue weighted by Gasteiger charge is -2.20. The summed E-state index contributed by atoms with van der Waals surface area (Å²) in [6, 6.07) is 12.6. The number of nitrogens with one attached hydrogen (secondary N) is 1. The number of aryl methyl sites for hydroxylation is 3. The maximum absolute atomic E-state index is 13.1. The first-order valence-electron chi connectivity index (χ1n) is 9.98. The van der Waals surface area contributed by atoms with Gasteiger partial charge in [0.25, 0.3) is 5.91 Å². The molecule has 0 spiro atoms. The maximum atomic E-state index is 13.1. The van der Waals surface area contributed by atoms with Crippen molar-refractivity contribution in [3.8, 4) is 0 Å². The van der Waals surface area contributed by atoms with Crippen molar-refractivity contribution in [1.29, 1.82) is 0 Å². The highest BCUT2D eigenvalue weighted by atomic mass is 32.2. The molecule has 1 heterocycles. The van der Waals surface area contributed by atoms with Gasteiger partial charge in [0, 0.05) is 24.2 Å². The number of benzene rings is 2. The highest BCUT2D eigenvalue weighted by Gasteiger charge is 2.24. The number of para-hydroxylation sites is 1. The Morgan fingerprint density at radius 2 is 1.70 bits per heavy atom. The van der Waals surface area contributed by atoms with Gasteiger partial charge in [-0.1, -0.05) is 38.1 Å². The number of hydrogen-bond acceptors (Lipinski definition) is 4. The van der Waals surface area contributed by atoms with Gasteiger partial charge in [-0.05, 0) is 50.1 Å². The smallest absolute Gasteiger partial charge is 0.257 e. The largest absolute Gasteiger partial charge is 0.322 e. The minimum Gasteiger partial charge on any atom is -0.322 e. The van der Waals surface area contributed by atoms with Crippen molar-refractivity contribution >= 4 is 32.5 Å². The van der Waals surface area contributed by atoms with Gasteiger partial charge in [0.1, 0.15) is 0 Å². The molecule has 2 aromatic carbocycles. The Bertz CT molecular complexity index is 1220. The molecular formula is C23H27N3O3S. The minimum atomic E-state index is -3.63. The van der Waals surface area contributed by atoms with Gasteiger partial charge in [-0.15, -0.1) is 0 Å². The van der Waals surface area contributed by atoms with Crippen LogP contribution in [0.15, 0.2) is 47.4 Å². The molecule has 0 aliphatic rings. The molecule has 0 aliphatic heterocycles. The molecule has 6 nitrogen and oxygen atoms in total. The van der Waals surface area contributed by atoms with Crippen LogP contribution in [0.1, 0.15) is 41.0 Å². The molecule has 0 atom stereocenters. The van der Waals surface area contributed by atoms with E-state index in [1.165, 1.54) is 10.4 Å². The third-order valence-corrected chi connectivity index (χ3v) is 7.52. The molecule has 7 heteroatoms. The highest BCUT2D eigenvalue weighted by Crippen LogP contribution is 2.26. The van der Waals surface area contributed by atoms with Crippen molar-refractivity contribution < 1.29 is 13.2 Å². The Labute approximate surface area is 178 Å². The van der Waals surface area contributed by atoms with Gasteiger partial charge in [-0.2, -0.15) is 4.31 Å². The molecule has 0 radical (unpaired) electrons. The van der Waals surface area contributed by atoms with Crippen LogP contribution in [0, 0.1) is 20.8 Å². The fourth-order valence-corrected chi connectivity index (χ4v) is 5.43. The quantitative estimate of drug-likeness (QED) is 0.633. The number of sulfonamides is 1. The lowest BCUT2D eigenvalue weighted by atomic mass is 10.0. The average molecular weight is 426 g/mol. The lowest BCUT2D eigenvalue weighted by Crippen LogP contribution is -2.31.